The van der Waals surface area contributed by atoms with Gasteiger partial charge in [0.1, 0.15) is 5.82 Å². The lowest BCUT2D eigenvalue weighted by molar-refractivity contribution is -0.275. The van der Waals surface area contributed by atoms with Crippen LogP contribution in [0.4, 0.5) is 19.0 Å². The maximum absolute atomic E-state index is 11.9. The minimum Gasteiger partial charge on any atom is -0.403 e. The van der Waals surface area contributed by atoms with Crippen LogP contribution in [0, 0.1) is 3.57 Å². The molecule has 0 atom stereocenters. The number of hydrogen-bond donors (Lipinski definition) is 1. The maximum atomic E-state index is 11.9. The second kappa shape index (κ2) is 4.09. The van der Waals surface area contributed by atoms with Crippen molar-refractivity contribution in [3.05, 3.63) is 14.2 Å². The standard InChI is InChI=1S/C6H3BrF3IN2O/c7-2-1-13-5(12)3(11)4(2)14-6(8,9)10/h1H,(H2,12,13). The van der Waals surface area contributed by atoms with E-state index >= 15 is 0 Å². The number of hydrogen-bond acceptors (Lipinski definition) is 3. The van der Waals surface area contributed by atoms with Gasteiger partial charge in [-0.3, -0.25) is 0 Å². The molecule has 0 radical (unpaired) electrons. The van der Waals surface area contributed by atoms with Gasteiger partial charge in [0.15, 0.2) is 5.75 Å². The SMILES string of the molecule is Nc1ncc(Br)c(OC(F)(F)F)c1I. The molecule has 0 spiro atoms. The van der Waals surface area contributed by atoms with Crippen LogP contribution in [0.15, 0.2) is 10.7 Å². The third-order valence-electron chi connectivity index (χ3n) is 1.18. The van der Waals surface area contributed by atoms with E-state index in [1.165, 1.54) is 0 Å². The van der Waals surface area contributed by atoms with Gasteiger partial charge in [-0.1, -0.05) is 0 Å². The topological polar surface area (TPSA) is 48.1 Å². The van der Waals surface area contributed by atoms with Gasteiger partial charge in [0.25, 0.3) is 0 Å². The molecule has 78 valence electrons. The van der Waals surface area contributed by atoms with Gasteiger partial charge in [-0.25, -0.2) is 4.98 Å². The molecule has 1 heterocycles. The van der Waals surface area contributed by atoms with Crippen LogP contribution in [0.1, 0.15) is 0 Å². The number of anilines is 1. The summed E-state index contributed by atoms with van der Waals surface area (Å²) in [6, 6.07) is 0. The average Bonchev–Trinajstić information content (AvgIpc) is 2.04. The van der Waals surface area contributed by atoms with Gasteiger partial charge in [-0.2, -0.15) is 0 Å². The van der Waals surface area contributed by atoms with E-state index in [4.69, 9.17) is 5.73 Å². The van der Waals surface area contributed by atoms with Crippen LogP contribution in [-0.2, 0) is 0 Å². The van der Waals surface area contributed by atoms with Gasteiger partial charge in [0.2, 0.25) is 0 Å². The fourth-order valence-corrected chi connectivity index (χ4v) is 1.96. The first-order valence-electron chi connectivity index (χ1n) is 3.16. The van der Waals surface area contributed by atoms with Crippen LogP contribution >= 0.6 is 38.5 Å². The lowest BCUT2D eigenvalue weighted by Crippen LogP contribution is -2.18. The summed E-state index contributed by atoms with van der Waals surface area (Å²) in [4.78, 5) is 3.64. The zero-order valence-electron chi connectivity index (χ0n) is 6.40. The maximum Gasteiger partial charge on any atom is 0.573 e. The number of halogens is 5. The van der Waals surface area contributed by atoms with Crippen molar-refractivity contribution < 1.29 is 17.9 Å². The van der Waals surface area contributed by atoms with E-state index in [0.717, 1.165) is 6.20 Å². The Labute approximate surface area is 99.1 Å². The first kappa shape index (κ1) is 11.8. The number of aromatic nitrogens is 1. The van der Waals surface area contributed by atoms with Gasteiger partial charge < -0.3 is 10.5 Å². The molecule has 8 heteroatoms. The molecule has 0 amide bonds. The molecule has 0 fully saturated rings. The van der Waals surface area contributed by atoms with Crippen molar-refractivity contribution >= 4 is 44.3 Å². The lowest BCUT2D eigenvalue weighted by Gasteiger charge is -2.12. The van der Waals surface area contributed by atoms with Crippen molar-refractivity contribution in [1.29, 1.82) is 0 Å². The molecule has 0 saturated carbocycles. The third kappa shape index (κ3) is 2.87. The number of alkyl halides is 3. The average molecular weight is 383 g/mol. The molecule has 1 aromatic rings. The lowest BCUT2D eigenvalue weighted by atomic mass is 10.4. The molecule has 0 aliphatic rings. The molecule has 1 aromatic heterocycles. The Bertz CT molecular complexity index is 358. The highest BCUT2D eigenvalue weighted by molar-refractivity contribution is 14.1. The van der Waals surface area contributed by atoms with Gasteiger partial charge in [-0.05, 0) is 38.5 Å². The van der Waals surface area contributed by atoms with Crippen LogP contribution in [0.5, 0.6) is 5.75 Å². The highest BCUT2D eigenvalue weighted by Gasteiger charge is 2.33. The normalized spacial score (nSPS) is 11.5. The van der Waals surface area contributed by atoms with E-state index in [9.17, 15) is 13.2 Å². The van der Waals surface area contributed by atoms with Crippen LogP contribution < -0.4 is 10.5 Å². The molecule has 0 unspecified atom stereocenters. The first-order valence-corrected chi connectivity index (χ1v) is 5.03. The fourth-order valence-electron chi connectivity index (χ4n) is 0.672. The minimum atomic E-state index is -4.74. The van der Waals surface area contributed by atoms with Crippen molar-refractivity contribution in [3.63, 3.8) is 0 Å². The van der Waals surface area contributed by atoms with Gasteiger partial charge in [0, 0.05) is 6.20 Å². The highest BCUT2D eigenvalue weighted by atomic mass is 127. The van der Waals surface area contributed by atoms with Crippen LogP contribution in [0.25, 0.3) is 0 Å². The summed E-state index contributed by atoms with van der Waals surface area (Å²) in [5.41, 5.74) is 5.32. The predicted octanol–water partition coefficient (Wildman–Crippen LogP) is 2.93. The Hall–Kier alpha value is -0.250. The van der Waals surface area contributed by atoms with Crippen molar-refractivity contribution in [2.24, 2.45) is 0 Å². The van der Waals surface area contributed by atoms with E-state index in [2.05, 4.69) is 25.7 Å². The van der Waals surface area contributed by atoms with Crippen LogP contribution in [0.3, 0.4) is 0 Å². The quantitative estimate of drug-likeness (QED) is 0.760. The molecule has 0 bridgehead atoms. The number of pyridine rings is 1. The van der Waals surface area contributed by atoms with Crippen molar-refractivity contribution in [1.82, 2.24) is 4.98 Å². The molecule has 0 aromatic carbocycles. The smallest absolute Gasteiger partial charge is 0.403 e. The molecule has 0 aliphatic heterocycles. The van der Waals surface area contributed by atoms with Crippen molar-refractivity contribution in [2.45, 2.75) is 6.36 Å². The number of ether oxygens (including phenoxy) is 1. The van der Waals surface area contributed by atoms with E-state index in [1.807, 2.05) is 0 Å². The van der Waals surface area contributed by atoms with E-state index in [0.29, 0.717) is 0 Å². The number of rotatable bonds is 1. The Morgan fingerprint density at radius 2 is 2.07 bits per heavy atom. The number of nitrogen functional groups attached to an aromatic ring is 1. The fraction of sp³-hybridized carbons (Fsp3) is 0.167. The summed E-state index contributed by atoms with van der Waals surface area (Å²) in [5, 5.41) is 0. The molecule has 1 rings (SSSR count). The second-order valence-corrected chi connectivity index (χ2v) is 4.12. The molecule has 3 nitrogen and oxygen atoms in total. The zero-order valence-corrected chi connectivity index (χ0v) is 10.1. The monoisotopic (exact) mass is 382 g/mol. The van der Waals surface area contributed by atoms with Gasteiger partial charge in [-0.15, -0.1) is 13.2 Å². The summed E-state index contributed by atoms with van der Waals surface area (Å²) in [6.45, 7) is 0. The molecule has 0 aliphatic carbocycles. The third-order valence-corrected chi connectivity index (χ3v) is 2.78. The highest BCUT2D eigenvalue weighted by Crippen LogP contribution is 2.36. The van der Waals surface area contributed by atoms with E-state index in [-0.39, 0.29) is 19.6 Å². The molecular weight excluding hydrogens is 380 g/mol. The number of nitrogens with zero attached hydrogens (tertiary/aromatic N) is 1. The predicted molar refractivity (Wildman–Crippen MR) is 55.7 cm³/mol. The largest absolute Gasteiger partial charge is 0.573 e. The van der Waals surface area contributed by atoms with Crippen molar-refractivity contribution in [3.8, 4) is 5.75 Å². The zero-order chi connectivity index (χ0) is 10.9. The van der Waals surface area contributed by atoms with Gasteiger partial charge >= 0.3 is 6.36 Å². The summed E-state index contributed by atoms with van der Waals surface area (Å²) in [5.74, 6) is -0.376. The summed E-state index contributed by atoms with van der Waals surface area (Å²) < 4.78 is 39.8. The Morgan fingerprint density at radius 3 is 2.57 bits per heavy atom. The molecule has 2 N–H and O–H groups in total. The number of nitrogens with two attached hydrogens (primary N) is 1. The molecule has 0 saturated heterocycles. The summed E-state index contributed by atoms with van der Waals surface area (Å²) in [6.07, 6.45) is -3.59. The van der Waals surface area contributed by atoms with Crippen LogP contribution in [0.2, 0.25) is 0 Å². The van der Waals surface area contributed by atoms with E-state index < -0.39 is 6.36 Å². The first-order chi connectivity index (χ1) is 6.31. The van der Waals surface area contributed by atoms with Gasteiger partial charge in [0.05, 0.1) is 8.04 Å². The Kier molecular flexibility index (Phi) is 3.45. The Morgan fingerprint density at radius 1 is 1.50 bits per heavy atom. The van der Waals surface area contributed by atoms with Crippen LogP contribution in [-0.4, -0.2) is 11.3 Å². The molecular formula is C6H3BrF3IN2O. The minimum absolute atomic E-state index is 0.00644. The second-order valence-electron chi connectivity index (χ2n) is 2.18. The Balaban J connectivity index is 3.13. The molecule has 14 heavy (non-hydrogen) atoms. The summed E-state index contributed by atoms with van der Waals surface area (Å²) in [7, 11) is 0. The van der Waals surface area contributed by atoms with E-state index in [1.54, 1.807) is 22.6 Å². The van der Waals surface area contributed by atoms with Crippen molar-refractivity contribution in [2.75, 3.05) is 5.73 Å². The summed E-state index contributed by atoms with van der Waals surface area (Å²) >= 11 is 4.51.